The fourth-order valence-corrected chi connectivity index (χ4v) is 0.638. The number of hydrogen-bond acceptors (Lipinski definition) is 5. The van der Waals surface area contributed by atoms with Crippen LogP contribution in [0.1, 0.15) is 6.92 Å². The van der Waals surface area contributed by atoms with Crippen LogP contribution in [0.25, 0.3) is 0 Å². The van der Waals surface area contributed by atoms with Gasteiger partial charge in [-0.05, 0) is 6.92 Å². The van der Waals surface area contributed by atoms with Gasteiger partial charge in [0.05, 0.1) is 26.4 Å². The van der Waals surface area contributed by atoms with E-state index in [2.05, 4.69) is 4.74 Å². The molecule has 0 aromatic rings. The van der Waals surface area contributed by atoms with Crippen LogP contribution in [0.15, 0.2) is 0 Å². The molecule has 5 heteroatoms. The summed E-state index contributed by atoms with van der Waals surface area (Å²) in [5, 5.41) is 0. The minimum Gasteiger partial charge on any atom is -0.462 e. The maximum atomic E-state index is 10.5. The van der Waals surface area contributed by atoms with E-state index in [-0.39, 0.29) is 13.2 Å². The van der Waals surface area contributed by atoms with Gasteiger partial charge in [-0.2, -0.15) is 0 Å². The van der Waals surface area contributed by atoms with Crippen LogP contribution in [0.2, 0.25) is 0 Å². The lowest BCUT2D eigenvalue weighted by atomic mass is 10.6. The monoisotopic (exact) mass is 191 g/mol. The number of hydrogen-bond donors (Lipinski definition) is 1. The minimum absolute atomic E-state index is 0.0844. The lowest BCUT2D eigenvalue weighted by molar-refractivity contribution is -0.143. The molecule has 0 atom stereocenters. The number of ether oxygens (including phenoxy) is 3. The molecular weight excluding hydrogens is 174 g/mol. The Morgan fingerprint density at radius 3 is 2.38 bits per heavy atom. The van der Waals surface area contributed by atoms with Crippen LogP contribution in [-0.2, 0) is 19.0 Å². The molecule has 0 radical (unpaired) electrons. The van der Waals surface area contributed by atoms with E-state index in [0.717, 1.165) is 0 Å². The average molecular weight is 191 g/mol. The second-order valence-electron chi connectivity index (χ2n) is 2.23. The third-order valence-electron chi connectivity index (χ3n) is 1.23. The van der Waals surface area contributed by atoms with Crippen LogP contribution >= 0.6 is 0 Å². The Balaban J connectivity index is 2.95. The van der Waals surface area contributed by atoms with Gasteiger partial charge in [0.2, 0.25) is 0 Å². The molecule has 0 spiro atoms. The molecule has 0 aromatic heterocycles. The summed E-state index contributed by atoms with van der Waals surface area (Å²) in [6.45, 7) is 4.25. The van der Waals surface area contributed by atoms with Gasteiger partial charge in [0.15, 0.2) is 0 Å². The smallest absolute Gasteiger partial charge is 0.319 e. The third-order valence-corrected chi connectivity index (χ3v) is 1.23. The van der Waals surface area contributed by atoms with Crippen molar-refractivity contribution >= 4 is 5.97 Å². The molecule has 0 aliphatic rings. The van der Waals surface area contributed by atoms with E-state index in [1.807, 2.05) is 6.92 Å². The lowest BCUT2D eigenvalue weighted by Gasteiger charge is -2.04. The van der Waals surface area contributed by atoms with Gasteiger partial charge < -0.3 is 19.9 Å². The molecule has 2 N–H and O–H groups in total. The van der Waals surface area contributed by atoms with Crippen molar-refractivity contribution in [3.8, 4) is 0 Å². The summed E-state index contributed by atoms with van der Waals surface area (Å²) in [4.78, 5) is 10.5. The van der Waals surface area contributed by atoms with Crippen molar-refractivity contribution in [2.75, 3.05) is 39.6 Å². The van der Waals surface area contributed by atoms with Gasteiger partial charge in [0.25, 0.3) is 0 Å². The molecule has 78 valence electrons. The Morgan fingerprint density at radius 2 is 1.77 bits per heavy atom. The first kappa shape index (κ1) is 12.3. The SMILES string of the molecule is CCOCCOCCOC(=O)CN. The van der Waals surface area contributed by atoms with Gasteiger partial charge in [-0.25, -0.2) is 0 Å². The molecule has 0 rings (SSSR count). The number of esters is 1. The third kappa shape index (κ3) is 9.26. The van der Waals surface area contributed by atoms with E-state index in [4.69, 9.17) is 15.2 Å². The van der Waals surface area contributed by atoms with E-state index in [9.17, 15) is 4.79 Å². The number of carbonyl (C=O) groups excluding carboxylic acids is 1. The van der Waals surface area contributed by atoms with Crippen molar-refractivity contribution in [3.63, 3.8) is 0 Å². The van der Waals surface area contributed by atoms with Crippen molar-refractivity contribution in [3.05, 3.63) is 0 Å². The summed E-state index contributed by atoms with van der Waals surface area (Å²) < 4.78 is 14.8. The molecule has 0 amide bonds. The first-order valence-corrected chi connectivity index (χ1v) is 4.32. The fraction of sp³-hybridized carbons (Fsp3) is 0.875. The van der Waals surface area contributed by atoms with Crippen LogP contribution in [-0.4, -0.2) is 45.5 Å². The van der Waals surface area contributed by atoms with Gasteiger partial charge in [0, 0.05) is 6.61 Å². The van der Waals surface area contributed by atoms with Crippen LogP contribution in [0, 0.1) is 0 Å². The van der Waals surface area contributed by atoms with Crippen molar-refractivity contribution in [2.24, 2.45) is 5.73 Å². The van der Waals surface area contributed by atoms with Gasteiger partial charge in [-0.15, -0.1) is 0 Å². The highest BCUT2D eigenvalue weighted by molar-refractivity contribution is 5.71. The Labute approximate surface area is 78.1 Å². The Kier molecular flexibility index (Phi) is 8.97. The van der Waals surface area contributed by atoms with Crippen LogP contribution in [0.5, 0.6) is 0 Å². The first-order chi connectivity index (χ1) is 6.31. The second-order valence-corrected chi connectivity index (χ2v) is 2.23. The Bertz CT molecular complexity index is 129. The highest BCUT2D eigenvalue weighted by Gasteiger charge is 1.96. The normalized spacial score (nSPS) is 10.0. The molecule has 0 aliphatic heterocycles. The van der Waals surface area contributed by atoms with E-state index >= 15 is 0 Å². The van der Waals surface area contributed by atoms with Gasteiger partial charge >= 0.3 is 5.97 Å². The second kappa shape index (κ2) is 9.44. The molecule has 0 bridgehead atoms. The van der Waals surface area contributed by atoms with Gasteiger partial charge in [0.1, 0.15) is 6.61 Å². The first-order valence-electron chi connectivity index (χ1n) is 4.32. The molecule has 0 fully saturated rings. The molecule has 0 heterocycles. The highest BCUT2D eigenvalue weighted by Crippen LogP contribution is 1.80. The highest BCUT2D eigenvalue weighted by atomic mass is 16.6. The zero-order chi connectivity index (χ0) is 9.94. The predicted octanol–water partition coefficient (Wildman–Crippen LogP) is -0.459. The predicted molar refractivity (Wildman–Crippen MR) is 47.3 cm³/mol. The van der Waals surface area contributed by atoms with E-state index in [1.165, 1.54) is 0 Å². The summed E-state index contributed by atoms with van der Waals surface area (Å²) >= 11 is 0. The zero-order valence-electron chi connectivity index (χ0n) is 7.95. The summed E-state index contributed by atoms with van der Waals surface area (Å²) in [5.74, 6) is -0.409. The van der Waals surface area contributed by atoms with E-state index < -0.39 is 5.97 Å². The van der Waals surface area contributed by atoms with Crippen molar-refractivity contribution in [2.45, 2.75) is 6.92 Å². The molecule has 0 unspecified atom stereocenters. The number of rotatable bonds is 8. The maximum Gasteiger partial charge on any atom is 0.319 e. The van der Waals surface area contributed by atoms with Gasteiger partial charge in [-0.1, -0.05) is 0 Å². The molecule has 5 nitrogen and oxygen atoms in total. The average Bonchev–Trinajstić information content (AvgIpc) is 2.16. The largest absolute Gasteiger partial charge is 0.462 e. The van der Waals surface area contributed by atoms with E-state index in [0.29, 0.717) is 26.4 Å². The van der Waals surface area contributed by atoms with Crippen LogP contribution in [0.3, 0.4) is 0 Å². The van der Waals surface area contributed by atoms with Crippen molar-refractivity contribution in [1.82, 2.24) is 0 Å². The van der Waals surface area contributed by atoms with Gasteiger partial charge in [-0.3, -0.25) is 4.79 Å². The zero-order valence-corrected chi connectivity index (χ0v) is 7.95. The maximum absolute atomic E-state index is 10.5. The molecule has 0 aliphatic carbocycles. The van der Waals surface area contributed by atoms with Crippen molar-refractivity contribution < 1.29 is 19.0 Å². The molecule has 0 aromatic carbocycles. The lowest BCUT2D eigenvalue weighted by Crippen LogP contribution is -2.19. The summed E-state index contributed by atoms with van der Waals surface area (Å²) in [5.41, 5.74) is 5.02. The summed E-state index contributed by atoms with van der Waals surface area (Å²) in [6.07, 6.45) is 0. The molecule has 0 saturated heterocycles. The van der Waals surface area contributed by atoms with Crippen LogP contribution < -0.4 is 5.73 Å². The summed E-state index contributed by atoms with van der Waals surface area (Å²) in [6, 6.07) is 0. The molecule has 13 heavy (non-hydrogen) atoms. The Morgan fingerprint density at radius 1 is 1.15 bits per heavy atom. The number of nitrogens with two attached hydrogens (primary N) is 1. The van der Waals surface area contributed by atoms with Crippen molar-refractivity contribution in [1.29, 1.82) is 0 Å². The summed E-state index contributed by atoms with van der Waals surface area (Å²) in [7, 11) is 0. The van der Waals surface area contributed by atoms with E-state index in [1.54, 1.807) is 0 Å². The van der Waals surface area contributed by atoms with Crippen LogP contribution in [0.4, 0.5) is 0 Å². The topological polar surface area (TPSA) is 70.8 Å². The Hall–Kier alpha value is -0.650. The number of carbonyl (C=O) groups is 1. The minimum atomic E-state index is -0.409. The fourth-order valence-electron chi connectivity index (χ4n) is 0.638. The quantitative estimate of drug-likeness (QED) is 0.415. The molecule has 0 saturated carbocycles. The standard InChI is InChI=1S/C8H17NO4/c1-2-11-3-4-12-5-6-13-8(10)7-9/h2-7,9H2,1H3. The molecular formula is C8H17NO4.